The molecule has 0 amide bonds. The molecule has 0 bridgehead atoms. The van der Waals surface area contributed by atoms with Crippen LogP contribution in [0.4, 0.5) is 0 Å². The molecule has 0 aliphatic heterocycles. The molecule has 0 aromatic heterocycles. The fraction of sp³-hybridized carbons (Fsp3) is 0.273. The number of hydrogen-bond acceptors (Lipinski definition) is 1. The molecule has 0 aliphatic carbocycles. The molecule has 0 spiro atoms. The Morgan fingerprint density at radius 2 is 2.31 bits per heavy atom. The Morgan fingerprint density at radius 3 is 2.85 bits per heavy atom. The van der Waals surface area contributed by atoms with E-state index < -0.39 is 0 Å². The lowest BCUT2D eigenvalue weighted by Crippen LogP contribution is -1.93. The standard InChI is InChI=1S/C11H13IO/c1-3-9-4-5-11(13-2)10(8-9)6-7-12/h3-5,8H,1,6-7H2,2H3. The molecule has 1 rings (SSSR count). The van der Waals surface area contributed by atoms with E-state index in [1.54, 1.807) is 7.11 Å². The van der Waals surface area contributed by atoms with Gasteiger partial charge in [-0.1, -0.05) is 41.3 Å². The van der Waals surface area contributed by atoms with Crippen LogP contribution in [0.1, 0.15) is 11.1 Å². The van der Waals surface area contributed by atoms with Gasteiger partial charge in [-0.25, -0.2) is 0 Å². The van der Waals surface area contributed by atoms with Crippen molar-refractivity contribution in [3.63, 3.8) is 0 Å². The average Bonchev–Trinajstić information content (AvgIpc) is 2.18. The lowest BCUT2D eigenvalue weighted by atomic mass is 10.1. The molecule has 2 heteroatoms. The van der Waals surface area contributed by atoms with Crippen molar-refractivity contribution in [3.05, 3.63) is 35.9 Å². The summed E-state index contributed by atoms with van der Waals surface area (Å²) in [4.78, 5) is 0. The Morgan fingerprint density at radius 1 is 1.54 bits per heavy atom. The van der Waals surface area contributed by atoms with Crippen LogP contribution in [0.5, 0.6) is 5.75 Å². The van der Waals surface area contributed by atoms with Gasteiger partial charge in [0, 0.05) is 4.43 Å². The molecule has 0 saturated heterocycles. The number of ether oxygens (including phenoxy) is 1. The maximum atomic E-state index is 5.26. The second-order valence-electron chi connectivity index (χ2n) is 2.71. The van der Waals surface area contributed by atoms with Crippen molar-refractivity contribution in [3.8, 4) is 5.75 Å². The van der Waals surface area contributed by atoms with Gasteiger partial charge in [0.1, 0.15) is 5.75 Å². The van der Waals surface area contributed by atoms with E-state index in [-0.39, 0.29) is 0 Å². The van der Waals surface area contributed by atoms with E-state index in [4.69, 9.17) is 4.74 Å². The van der Waals surface area contributed by atoms with Gasteiger partial charge in [0.25, 0.3) is 0 Å². The number of hydrogen-bond donors (Lipinski definition) is 0. The maximum Gasteiger partial charge on any atom is 0.122 e. The highest BCUT2D eigenvalue weighted by Gasteiger charge is 2.01. The predicted molar refractivity (Wildman–Crippen MR) is 65.7 cm³/mol. The summed E-state index contributed by atoms with van der Waals surface area (Å²) in [6.45, 7) is 3.74. The van der Waals surface area contributed by atoms with E-state index >= 15 is 0 Å². The van der Waals surface area contributed by atoms with Crippen LogP contribution in [0.15, 0.2) is 24.8 Å². The molecule has 1 aromatic rings. The van der Waals surface area contributed by atoms with Crippen molar-refractivity contribution in [2.24, 2.45) is 0 Å². The van der Waals surface area contributed by atoms with Crippen molar-refractivity contribution < 1.29 is 4.74 Å². The predicted octanol–water partition coefficient (Wildman–Crippen LogP) is 3.32. The van der Waals surface area contributed by atoms with Crippen molar-refractivity contribution >= 4 is 28.7 Å². The Labute approximate surface area is 92.9 Å². The smallest absolute Gasteiger partial charge is 0.122 e. The first-order valence-electron chi connectivity index (χ1n) is 4.17. The molecule has 1 nitrogen and oxygen atoms in total. The Balaban J connectivity index is 3.02. The van der Waals surface area contributed by atoms with Gasteiger partial charge in [0.05, 0.1) is 7.11 Å². The average molecular weight is 288 g/mol. The van der Waals surface area contributed by atoms with Gasteiger partial charge in [0.2, 0.25) is 0 Å². The zero-order valence-electron chi connectivity index (χ0n) is 7.72. The van der Waals surface area contributed by atoms with Gasteiger partial charge < -0.3 is 4.74 Å². The van der Waals surface area contributed by atoms with E-state index in [9.17, 15) is 0 Å². The summed E-state index contributed by atoms with van der Waals surface area (Å²) in [5, 5.41) is 0. The van der Waals surface area contributed by atoms with Crippen LogP contribution in [-0.2, 0) is 6.42 Å². The summed E-state index contributed by atoms with van der Waals surface area (Å²) in [5.74, 6) is 0.974. The maximum absolute atomic E-state index is 5.26. The minimum absolute atomic E-state index is 0.974. The van der Waals surface area contributed by atoms with Gasteiger partial charge in [-0.3, -0.25) is 0 Å². The normalized spacial score (nSPS) is 9.69. The van der Waals surface area contributed by atoms with Crippen LogP contribution in [0.2, 0.25) is 0 Å². The number of benzene rings is 1. The fourth-order valence-corrected chi connectivity index (χ4v) is 1.80. The number of aryl methyl sites for hydroxylation is 1. The van der Waals surface area contributed by atoms with Crippen LogP contribution in [0, 0.1) is 0 Å². The number of rotatable bonds is 4. The van der Waals surface area contributed by atoms with Gasteiger partial charge in [0.15, 0.2) is 0 Å². The van der Waals surface area contributed by atoms with Crippen molar-refractivity contribution in [1.82, 2.24) is 0 Å². The van der Waals surface area contributed by atoms with Gasteiger partial charge in [-0.05, 0) is 29.7 Å². The summed E-state index contributed by atoms with van der Waals surface area (Å²) in [6.07, 6.45) is 2.90. The highest BCUT2D eigenvalue weighted by molar-refractivity contribution is 14.1. The molecular formula is C11H13IO. The molecule has 0 aliphatic rings. The summed E-state index contributed by atoms with van der Waals surface area (Å²) >= 11 is 2.37. The summed E-state index contributed by atoms with van der Waals surface area (Å²) in [5.41, 5.74) is 2.41. The van der Waals surface area contributed by atoms with Crippen molar-refractivity contribution in [1.29, 1.82) is 0 Å². The van der Waals surface area contributed by atoms with E-state index in [1.807, 2.05) is 18.2 Å². The van der Waals surface area contributed by atoms with E-state index in [0.29, 0.717) is 0 Å². The van der Waals surface area contributed by atoms with Crippen LogP contribution in [0.3, 0.4) is 0 Å². The number of alkyl halides is 1. The molecule has 0 unspecified atom stereocenters. The summed E-state index contributed by atoms with van der Waals surface area (Å²) in [7, 11) is 1.71. The van der Waals surface area contributed by atoms with Crippen LogP contribution in [-0.4, -0.2) is 11.5 Å². The lowest BCUT2D eigenvalue weighted by Gasteiger charge is -2.07. The molecule has 13 heavy (non-hydrogen) atoms. The minimum Gasteiger partial charge on any atom is -0.496 e. The molecule has 0 fully saturated rings. The number of halogens is 1. The molecular weight excluding hydrogens is 275 g/mol. The van der Waals surface area contributed by atoms with Gasteiger partial charge >= 0.3 is 0 Å². The van der Waals surface area contributed by atoms with E-state index in [1.165, 1.54) is 5.56 Å². The quantitative estimate of drug-likeness (QED) is 0.610. The molecule has 70 valence electrons. The largest absolute Gasteiger partial charge is 0.496 e. The Hall–Kier alpha value is -0.510. The zero-order chi connectivity index (χ0) is 9.68. The Bertz CT molecular complexity index is 294. The first kappa shape index (κ1) is 10.6. The first-order chi connectivity index (χ1) is 6.31. The topological polar surface area (TPSA) is 9.23 Å². The second kappa shape index (κ2) is 5.27. The SMILES string of the molecule is C=Cc1ccc(OC)c(CCI)c1. The van der Waals surface area contributed by atoms with Crippen molar-refractivity contribution in [2.75, 3.05) is 11.5 Å². The monoisotopic (exact) mass is 288 g/mol. The molecule has 0 radical (unpaired) electrons. The molecule has 0 N–H and O–H groups in total. The third-order valence-electron chi connectivity index (χ3n) is 1.90. The zero-order valence-corrected chi connectivity index (χ0v) is 9.87. The summed E-state index contributed by atoms with van der Waals surface area (Å²) < 4.78 is 6.37. The van der Waals surface area contributed by atoms with Gasteiger partial charge in [-0.15, -0.1) is 0 Å². The van der Waals surface area contributed by atoms with Crippen LogP contribution < -0.4 is 4.74 Å². The van der Waals surface area contributed by atoms with Gasteiger partial charge in [-0.2, -0.15) is 0 Å². The second-order valence-corrected chi connectivity index (χ2v) is 3.79. The lowest BCUT2D eigenvalue weighted by molar-refractivity contribution is 0.410. The molecule has 0 atom stereocenters. The first-order valence-corrected chi connectivity index (χ1v) is 5.69. The van der Waals surface area contributed by atoms with Crippen LogP contribution >= 0.6 is 22.6 Å². The third-order valence-corrected chi connectivity index (χ3v) is 2.44. The molecule has 0 saturated carbocycles. The van der Waals surface area contributed by atoms with Crippen LogP contribution in [0.25, 0.3) is 6.08 Å². The van der Waals surface area contributed by atoms with Crippen molar-refractivity contribution in [2.45, 2.75) is 6.42 Å². The number of methoxy groups -OCH3 is 1. The van der Waals surface area contributed by atoms with E-state index in [2.05, 4.69) is 35.2 Å². The fourth-order valence-electron chi connectivity index (χ4n) is 1.22. The Kier molecular flexibility index (Phi) is 4.28. The highest BCUT2D eigenvalue weighted by Crippen LogP contribution is 2.21. The van der Waals surface area contributed by atoms with E-state index in [0.717, 1.165) is 22.2 Å². The highest BCUT2D eigenvalue weighted by atomic mass is 127. The minimum atomic E-state index is 0.974. The third kappa shape index (κ3) is 2.72. The summed E-state index contributed by atoms with van der Waals surface area (Å²) in [6, 6.07) is 6.14. The molecule has 0 heterocycles. The molecule has 1 aromatic carbocycles.